The van der Waals surface area contributed by atoms with Gasteiger partial charge in [0.2, 0.25) is 0 Å². The van der Waals surface area contributed by atoms with E-state index in [0.29, 0.717) is 30.8 Å². The molecule has 0 aliphatic carbocycles. The van der Waals surface area contributed by atoms with E-state index in [1.807, 2.05) is 0 Å². The third kappa shape index (κ3) is 3.70. The van der Waals surface area contributed by atoms with Crippen LogP contribution in [-0.2, 0) is 20.2 Å². The van der Waals surface area contributed by atoms with E-state index in [-0.39, 0.29) is 9.79 Å². The van der Waals surface area contributed by atoms with Gasteiger partial charge in [0.1, 0.15) is 30.3 Å². The maximum Gasteiger partial charge on any atom is 0.155 e. The highest BCUT2D eigenvalue weighted by Crippen LogP contribution is 2.37. The Kier molecular flexibility index (Phi) is 4.56. The predicted molar refractivity (Wildman–Crippen MR) is 102 cm³/mol. The van der Waals surface area contributed by atoms with E-state index in [2.05, 4.69) is 9.97 Å². The molecule has 0 atom stereocenters. The van der Waals surface area contributed by atoms with Gasteiger partial charge in [0, 0.05) is 11.1 Å². The van der Waals surface area contributed by atoms with Crippen LogP contribution in [0.1, 0.15) is 0 Å². The monoisotopic (exact) mass is 452 g/mol. The molecule has 8 nitrogen and oxygen atoms in total. The molecular formula is C16H8N2O6S4-2. The molecule has 28 heavy (non-hydrogen) atoms. The number of hydrogen-bond donors (Lipinski definition) is 0. The summed E-state index contributed by atoms with van der Waals surface area (Å²) in [5.41, 5.74) is 0.959. The first kappa shape index (κ1) is 19.1. The first-order valence-electron chi connectivity index (χ1n) is 7.51. The fourth-order valence-corrected chi connectivity index (χ4v) is 5.53. The summed E-state index contributed by atoms with van der Waals surface area (Å²) < 4.78 is 67.1. The van der Waals surface area contributed by atoms with Crippen molar-refractivity contribution in [2.75, 3.05) is 0 Å². The average molecular weight is 453 g/mol. The van der Waals surface area contributed by atoms with Gasteiger partial charge in [-0.1, -0.05) is 46.9 Å². The van der Waals surface area contributed by atoms with Crippen molar-refractivity contribution in [3.05, 3.63) is 48.5 Å². The average Bonchev–Trinajstić information content (AvgIpc) is 3.20. The van der Waals surface area contributed by atoms with Crippen molar-refractivity contribution in [2.24, 2.45) is 0 Å². The minimum atomic E-state index is -4.57. The van der Waals surface area contributed by atoms with Crippen molar-refractivity contribution in [3.8, 4) is 21.1 Å². The van der Waals surface area contributed by atoms with Crippen LogP contribution in [0.3, 0.4) is 0 Å². The zero-order chi connectivity index (χ0) is 20.1. The summed E-state index contributed by atoms with van der Waals surface area (Å²) in [4.78, 5) is 9.30. The van der Waals surface area contributed by atoms with E-state index in [1.165, 1.54) is 59.1 Å². The summed E-state index contributed by atoms with van der Waals surface area (Å²) >= 11 is 2.41. The zero-order valence-corrected chi connectivity index (χ0v) is 16.9. The molecule has 0 N–H and O–H groups in total. The molecule has 0 radical (unpaired) electrons. The van der Waals surface area contributed by atoms with Crippen molar-refractivity contribution < 1.29 is 25.9 Å². The Labute approximate surface area is 167 Å². The second-order valence-corrected chi connectivity index (χ2v) is 10.3. The number of benzene rings is 2. The van der Waals surface area contributed by atoms with Crippen molar-refractivity contribution in [2.45, 2.75) is 9.79 Å². The predicted octanol–water partition coefficient (Wildman–Crippen LogP) is 2.90. The summed E-state index contributed by atoms with van der Waals surface area (Å²) in [5, 5.41) is 1.00. The molecule has 0 aliphatic heterocycles. The van der Waals surface area contributed by atoms with Gasteiger partial charge in [-0.3, -0.25) is 0 Å². The van der Waals surface area contributed by atoms with Gasteiger partial charge >= 0.3 is 0 Å². The van der Waals surface area contributed by atoms with Gasteiger partial charge in [-0.15, -0.1) is 0 Å². The van der Waals surface area contributed by atoms with Crippen LogP contribution in [0.4, 0.5) is 0 Å². The van der Waals surface area contributed by atoms with Gasteiger partial charge in [0.25, 0.3) is 0 Å². The van der Waals surface area contributed by atoms with Gasteiger partial charge < -0.3 is 9.11 Å². The van der Waals surface area contributed by atoms with Gasteiger partial charge in [0.15, 0.2) is 9.66 Å². The van der Waals surface area contributed by atoms with Crippen molar-refractivity contribution in [1.82, 2.24) is 9.97 Å². The number of rotatable bonds is 4. The van der Waals surface area contributed by atoms with Crippen LogP contribution in [0.15, 0.2) is 58.3 Å². The summed E-state index contributed by atoms with van der Waals surface area (Å²) in [6.07, 6.45) is 0. The third-order valence-electron chi connectivity index (χ3n) is 3.72. The topological polar surface area (TPSA) is 140 Å². The molecule has 2 aromatic carbocycles. The van der Waals surface area contributed by atoms with E-state index >= 15 is 0 Å². The van der Waals surface area contributed by atoms with Crippen LogP contribution < -0.4 is 0 Å². The molecule has 144 valence electrons. The van der Waals surface area contributed by atoms with E-state index in [0.717, 1.165) is 0 Å². The Bertz CT molecular complexity index is 1280. The van der Waals surface area contributed by atoms with Crippen molar-refractivity contribution >= 4 is 52.6 Å². The molecule has 2 aromatic heterocycles. The van der Waals surface area contributed by atoms with E-state index in [9.17, 15) is 25.9 Å². The van der Waals surface area contributed by atoms with Crippen molar-refractivity contribution in [1.29, 1.82) is 0 Å². The fraction of sp³-hybridized carbons (Fsp3) is 0. The normalized spacial score (nSPS) is 12.5. The lowest BCUT2D eigenvalue weighted by molar-refractivity contribution is 0.461. The maximum absolute atomic E-state index is 11.2. The largest absolute Gasteiger partial charge is 0.744 e. The second-order valence-electron chi connectivity index (χ2n) is 5.61. The minimum absolute atomic E-state index is 0.340. The Balaban J connectivity index is 1.74. The van der Waals surface area contributed by atoms with Crippen LogP contribution in [0, 0.1) is 0 Å². The first-order valence-corrected chi connectivity index (χ1v) is 12.0. The molecule has 12 heteroatoms. The van der Waals surface area contributed by atoms with Crippen LogP contribution in [0.25, 0.3) is 30.8 Å². The Morgan fingerprint density at radius 3 is 1.43 bits per heavy atom. The highest BCUT2D eigenvalue weighted by atomic mass is 32.2. The van der Waals surface area contributed by atoms with Gasteiger partial charge in [-0.05, 0) is 24.3 Å². The van der Waals surface area contributed by atoms with Gasteiger partial charge in [-0.2, -0.15) is 0 Å². The molecule has 4 aromatic rings. The summed E-state index contributed by atoms with van der Waals surface area (Å²) in [5.74, 6) is 0. The SMILES string of the molecule is O=S(=O)([O-])c1cccc(-c2nc3sc(-c4cccc(S(=O)(=O)[O-])c4)nc3s2)c1. The van der Waals surface area contributed by atoms with Crippen LogP contribution in [0.5, 0.6) is 0 Å². The van der Waals surface area contributed by atoms with E-state index < -0.39 is 20.2 Å². The molecule has 0 saturated carbocycles. The quantitative estimate of drug-likeness (QED) is 0.430. The lowest BCUT2D eigenvalue weighted by Crippen LogP contribution is -1.98. The standard InChI is InChI=1S/C16H10N2O6S4/c19-27(20,21)11-5-1-3-9(7-11)13-17-15-16(25-13)18-14(26-15)10-4-2-6-12(8-10)28(22,23)24/h1-8H,(H,19,20,21)(H,22,23,24)/p-2. The number of fused-ring (bicyclic) bond motifs is 1. The number of thiazole rings is 2. The summed E-state index contributed by atoms with van der Waals surface area (Å²) in [6, 6.07) is 11.2. The minimum Gasteiger partial charge on any atom is -0.744 e. The molecule has 0 bridgehead atoms. The van der Waals surface area contributed by atoms with Crippen LogP contribution >= 0.6 is 22.7 Å². The highest BCUT2D eigenvalue weighted by Gasteiger charge is 2.15. The van der Waals surface area contributed by atoms with E-state index in [4.69, 9.17) is 0 Å². The third-order valence-corrected chi connectivity index (χ3v) is 7.50. The molecule has 0 amide bonds. The highest BCUT2D eigenvalue weighted by molar-refractivity contribution is 7.86. The summed E-state index contributed by atoms with van der Waals surface area (Å²) in [7, 11) is -9.14. The molecule has 0 unspecified atom stereocenters. The molecule has 0 saturated heterocycles. The van der Waals surface area contributed by atoms with E-state index in [1.54, 1.807) is 12.1 Å². The van der Waals surface area contributed by atoms with Crippen molar-refractivity contribution in [3.63, 3.8) is 0 Å². The first-order chi connectivity index (χ1) is 13.1. The fourth-order valence-electron chi connectivity index (χ4n) is 2.46. The molecule has 4 rings (SSSR count). The Hall–Kier alpha value is -2.22. The Morgan fingerprint density at radius 2 is 1.07 bits per heavy atom. The van der Waals surface area contributed by atoms with Gasteiger partial charge in [-0.25, -0.2) is 26.8 Å². The maximum atomic E-state index is 11.2. The molecular weight excluding hydrogens is 444 g/mol. The zero-order valence-electron chi connectivity index (χ0n) is 13.6. The number of hydrogen-bond acceptors (Lipinski definition) is 10. The number of aromatic nitrogens is 2. The number of nitrogens with zero attached hydrogens (tertiary/aromatic N) is 2. The lowest BCUT2D eigenvalue weighted by atomic mass is 10.2. The van der Waals surface area contributed by atoms with Gasteiger partial charge in [0.05, 0.1) is 9.79 Å². The van der Waals surface area contributed by atoms with Crippen LogP contribution in [-0.4, -0.2) is 35.9 Å². The molecule has 0 spiro atoms. The van der Waals surface area contributed by atoms with Crippen LogP contribution in [0.2, 0.25) is 0 Å². The molecule has 2 heterocycles. The smallest absolute Gasteiger partial charge is 0.155 e. The molecule has 0 aliphatic rings. The molecule has 0 fully saturated rings. The second kappa shape index (κ2) is 6.69. The summed E-state index contributed by atoms with van der Waals surface area (Å²) in [6.45, 7) is 0. The Morgan fingerprint density at radius 1 is 0.679 bits per heavy atom. The lowest BCUT2D eigenvalue weighted by Gasteiger charge is -2.07.